The summed E-state index contributed by atoms with van der Waals surface area (Å²) in [5, 5.41) is 10.5. The maximum Gasteiger partial charge on any atom is 0.332 e. The molecular formula is C16H12FNO5S2. The molecule has 0 radical (unpaired) electrons. The van der Waals surface area contributed by atoms with Gasteiger partial charge in [-0.3, -0.25) is 4.72 Å². The Balaban J connectivity index is 2.09. The van der Waals surface area contributed by atoms with Crippen molar-refractivity contribution in [3.63, 3.8) is 0 Å². The molecule has 0 amide bonds. The molecular weight excluding hydrogens is 369 g/mol. The fourth-order valence-corrected chi connectivity index (χ4v) is 4.20. The van der Waals surface area contributed by atoms with Crippen LogP contribution in [0.25, 0.3) is 10.8 Å². The molecule has 0 bridgehead atoms. The van der Waals surface area contributed by atoms with Gasteiger partial charge in [-0.25, -0.2) is 8.42 Å². The molecule has 0 saturated carbocycles. The van der Waals surface area contributed by atoms with E-state index in [0.29, 0.717) is 10.8 Å². The van der Waals surface area contributed by atoms with Crippen LogP contribution in [0.2, 0.25) is 0 Å². The lowest BCUT2D eigenvalue weighted by Gasteiger charge is -2.11. The van der Waals surface area contributed by atoms with Crippen LogP contribution in [-0.4, -0.2) is 21.9 Å². The number of phenols is 1. The summed E-state index contributed by atoms with van der Waals surface area (Å²) < 4.78 is 62.5. The van der Waals surface area contributed by atoms with Crippen LogP contribution in [-0.2, 0) is 20.2 Å². The Bertz CT molecular complexity index is 1170. The zero-order valence-electron chi connectivity index (χ0n) is 12.5. The summed E-state index contributed by atoms with van der Waals surface area (Å²) >= 11 is 0. The molecule has 0 heterocycles. The Morgan fingerprint density at radius 2 is 1.48 bits per heavy atom. The van der Waals surface area contributed by atoms with Crippen molar-refractivity contribution in [3.8, 4) is 5.75 Å². The van der Waals surface area contributed by atoms with Crippen LogP contribution in [0.5, 0.6) is 5.75 Å². The molecule has 9 heteroatoms. The van der Waals surface area contributed by atoms with E-state index in [0.717, 1.165) is 12.1 Å². The second-order valence-electron chi connectivity index (χ2n) is 5.20. The van der Waals surface area contributed by atoms with Gasteiger partial charge in [0.15, 0.2) is 0 Å². The monoisotopic (exact) mass is 381 g/mol. The topological polar surface area (TPSA) is 101 Å². The molecule has 0 fully saturated rings. The van der Waals surface area contributed by atoms with E-state index in [2.05, 4.69) is 4.72 Å². The number of anilines is 1. The van der Waals surface area contributed by atoms with E-state index in [1.54, 1.807) is 6.07 Å². The van der Waals surface area contributed by atoms with Gasteiger partial charge in [-0.1, -0.05) is 30.3 Å². The molecule has 0 spiro atoms. The van der Waals surface area contributed by atoms with E-state index < -0.39 is 25.1 Å². The summed E-state index contributed by atoms with van der Waals surface area (Å²) in [6, 6.07) is 13.3. The third-order valence-corrected chi connectivity index (χ3v) is 5.77. The van der Waals surface area contributed by atoms with Crippen LogP contribution in [0.15, 0.2) is 70.5 Å². The van der Waals surface area contributed by atoms with Gasteiger partial charge in [0.25, 0.3) is 10.0 Å². The zero-order valence-corrected chi connectivity index (χ0v) is 14.2. The van der Waals surface area contributed by atoms with Crippen LogP contribution in [0, 0.1) is 0 Å². The molecule has 0 aromatic heterocycles. The quantitative estimate of drug-likeness (QED) is 0.677. The lowest BCUT2D eigenvalue weighted by atomic mass is 10.1. The number of fused-ring (bicyclic) bond motifs is 1. The van der Waals surface area contributed by atoms with Crippen LogP contribution in [0.3, 0.4) is 0 Å². The first-order valence-electron chi connectivity index (χ1n) is 6.97. The summed E-state index contributed by atoms with van der Waals surface area (Å²) in [5.41, 5.74) is -0.101. The second-order valence-corrected chi connectivity index (χ2v) is 8.20. The third-order valence-electron chi connectivity index (χ3n) is 3.52. The predicted octanol–water partition coefficient (Wildman–Crippen LogP) is 3.00. The molecule has 130 valence electrons. The number of hydrogen-bond donors (Lipinski definition) is 2. The summed E-state index contributed by atoms with van der Waals surface area (Å²) in [4.78, 5) is -0.752. The minimum atomic E-state index is -4.95. The minimum Gasteiger partial charge on any atom is -0.507 e. The van der Waals surface area contributed by atoms with Crippen LogP contribution in [0.1, 0.15) is 0 Å². The van der Waals surface area contributed by atoms with E-state index in [-0.39, 0.29) is 16.3 Å². The maximum absolute atomic E-state index is 13.1. The summed E-state index contributed by atoms with van der Waals surface area (Å²) in [6.45, 7) is 0. The second kappa shape index (κ2) is 6.01. The van der Waals surface area contributed by atoms with Crippen LogP contribution >= 0.6 is 0 Å². The SMILES string of the molecule is O=S(=O)(F)c1cccc(NS(=O)(=O)c2cccc3c(O)cccc23)c1. The van der Waals surface area contributed by atoms with Gasteiger partial charge < -0.3 is 5.11 Å². The molecule has 3 aromatic carbocycles. The van der Waals surface area contributed by atoms with Crippen molar-refractivity contribution < 1.29 is 25.8 Å². The van der Waals surface area contributed by atoms with Gasteiger partial charge in [0, 0.05) is 10.8 Å². The van der Waals surface area contributed by atoms with E-state index >= 15 is 0 Å². The van der Waals surface area contributed by atoms with Crippen molar-refractivity contribution >= 4 is 36.7 Å². The minimum absolute atomic E-state index is 0.0694. The fraction of sp³-hybridized carbons (Fsp3) is 0. The number of sulfonamides is 1. The average molecular weight is 381 g/mol. The molecule has 0 aliphatic heterocycles. The van der Waals surface area contributed by atoms with Gasteiger partial charge in [-0.15, -0.1) is 3.89 Å². The Hall–Kier alpha value is -2.65. The molecule has 0 aliphatic rings. The molecule has 0 aliphatic carbocycles. The van der Waals surface area contributed by atoms with Crippen LogP contribution in [0.4, 0.5) is 9.57 Å². The third kappa shape index (κ3) is 3.42. The smallest absolute Gasteiger partial charge is 0.332 e. The number of aromatic hydroxyl groups is 1. The maximum atomic E-state index is 13.1. The van der Waals surface area contributed by atoms with Gasteiger partial charge in [0.2, 0.25) is 0 Å². The molecule has 3 rings (SSSR count). The van der Waals surface area contributed by atoms with Crippen molar-refractivity contribution in [2.24, 2.45) is 0 Å². The molecule has 0 unspecified atom stereocenters. The zero-order chi connectivity index (χ0) is 18.2. The number of benzene rings is 3. The van der Waals surface area contributed by atoms with E-state index in [1.807, 2.05) is 0 Å². The first kappa shape index (κ1) is 17.2. The number of phenolic OH excluding ortho intramolecular Hbond substituents is 1. The average Bonchev–Trinajstić information content (AvgIpc) is 2.54. The summed E-state index contributed by atoms with van der Waals surface area (Å²) in [5.74, 6) is -0.0694. The Labute approximate surface area is 143 Å². The molecule has 25 heavy (non-hydrogen) atoms. The Morgan fingerprint density at radius 1 is 0.840 bits per heavy atom. The summed E-state index contributed by atoms with van der Waals surface area (Å²) in [6.07, 6.45) is 0. The first-order valence-corrected chi connectivity index (χ1v) is 9.83. The molecule has 6 nitrogen and oxygen atoms in total. The van der Waals surface area contributed by atoms with Gasteiger partial charge in [-0.05, 0) is 30.3 Å². The normalized spacial score (nSPS) is 12.2. The predicted molar refractivity (Wildman–Crippen MR) is 91.2 cm³/mol. The van der Waals surface area contributed by atoms with E-state index in [9.17, 15) is 25.8 Å². The van der Waals surface area contributed by atoms with E-state index in [4.69, 9.17) is 0 Å². The van der Waals surface area contributed by atoms with Gasteiger partial charge in [0.1, 0.15) is 10.6 Å². The van der Waals surface area contributed by atoms with Crippen molar-refractivity contribution in [2.45, 2.75) is 9.79 Å². The highest BCUT2D eigenvalue weighted by Gasteiger charge is 2.19. The van der Waals surface area contributed by atoms with Gasteiger partial charge in [-0.2, -0.15) is 8.42 Å². The van der Waals surface area contributed by atoms with Crippen molar-refractivity contribution in [1.29, 1.82) is 0 Å². The number of nitrogens with one attached hydrogen (secondary N) is 1. The molecule has 3 aromatic rings. The first-order chi connectivity index (χ1) is 11.7. The lowest BCUT2D eigenvalue weighted by molar-refractivity contribution is 0.481. The number of rotatable bonds is 4. The van der Waals surface area contributed by atoms with Crippen molar-refractivity contribution in [1.82, 2.24) is 0 Å². The largest absolute Gasteiger partial charge is 0.507 e. The van der Waals surface area contributed by atoms with Crippen molar-refractivity contribution in [3.05, 3.63) is 60.7 Å². The van der Waals surface area contributed by atoms with Crippen molar-refractivity contribution in [2.75, 3.05) is 4.72 Å². The highest BCUT2D eigenvalue weighted by Crippen LogP contribution is 2.30. The Morgan fingerprint density at radius 3 is 2.20 bits per heavy atom. The summed E-state index contributed by atoms with van der Waals surface area (Å²) in [7, 11) is -9.05. The highest BCUT2D eigenvalue weighted by molar-refractivity contribution is 7.93. The highest BCUT2D eigenvalue weighted by atomic mass is 32.3. The molecule has 0 atom stereocenters. The fourth-order valence-electron chi connectivity index (χ4n) is 2.42. The lowest BCUT2D eigenvalue weighted by Crippen LogP contribution is -2.13. The van der Waals surface area contributed by atoms with Gasteiger partial charge >= 0.3 is 10.2 Å². The number of halogens is 1. The van der Waals surface area contributed by atoms with E-state index in [1.165, 1.54) is 42.5 Å². The standard InChI is InChI=1S/C16H12FNO5S2/c17-24(20,21)12-5-1-4-11(10-12)18-25(22,23)16-9-3-6-13-14(16)7-2-8-15(13)19/h1-10,18-19H. The number of hydrogen-bond acceptors (Lipinski definition) is 5. The van der Waals surface area contributed by atoms with Crippen LogP contribution < -0.4 is 4.72 Å². The Kier molecular flexibility index (Phi) is 4.13. The molecule has 2 N–H and O–H groups in total. The molecule has 0 saturated heterocycles. The van der Waals surface area contributed by atoms with Gasteiger partial charge in [0.05, 0.1) is 10.6 Å².